The van der Waals surface area contributed by atoms with Crippen molar-refractivity contribution in [2.24, 2.45) is 0 Å². The smallest absolute Gasteiger partial charge is 0.236 e. The lowest BCUT2D eigenvalue weighted by atomic mass is 10.0. The van der Waals surface area contributed by atoms with Crippen LogP contribution >= 0.6 is 0 Å². The van der Waals surface area contributed by atoms with Crippen molar-refractivity contribution in [2.75, 3.05) is 46.3 Å². The molecule has 2 aliphatic rings. The van der Waals surface area contributed by atoms with E-state index < -0.39 is 0 Å². The van der Waals surface area contributed by atoms with E-state index in [9.17, 15) is 4.79 Å². The number of amides is 1. The first kappa shape index (κ1) is 12.8. The van der Waals surface area contributed by atoms with Gasteiger partial charge in [-0.15, -0.1) is 0 Å². The maximum absolute atomic E-state index is 12.2. The lowest BCUT2D eigenvalue weighted by Gasteiger charge is -2.37. The van der Waals surface area contributed by atoms with Gasteiger partial charge in [0.25, 0.3) is 0 Å². The van der Waals surface area contributed by atoms with Gasteiger partial charge in [-0.25, -0.2) is 0 Å². The van der Waals surface area contributed by atoms with E-state index in [0.717, 1.165) is 32.7 Å². The Kier molecular flexibility index (Phi) is 4.40. The van der Waals surface area contributed by atoms with Crippen molar-refractivity contribution in [1.29, 1.82) is 0 Å². The summed E-state index contributed by atoms with van der Waals surface area (Å²) in [5.41, 5.74) is 0. The minimum absolute atomic E-state index is 0.335. The Morgan fingerprint density at radius 2 is 1.82 bits per heavy atom. The first-order valence-corrected chi connectivity index (χ1v) is 6.87. The highest BCUT2D eigenvalue weighted by Gasteiger charge is 2.25. The van der Waals surface area contributed by atoms with Gasteiger partial charge in [-0.05, 0) is 33.2 Å². The van der Waals surface area contributed by atoms with Gasteiger partial charge in [0, 0.05) is 38.8 Å². The summed E-state index contributed by atoms with van der Waals surface area (Å²) in [6.45, 7) is 8.01. The van der Waals surface area contributed by atoms with Crippen LogP contribution in [0.4, 0.5) is 0 Å². The molecule has 2 heterocycles. The van der Waals surface area contributed by atoms with Gasteiger partial charge in [0.15, 0.2) is 0 Å². The van der Waals surface area contributed by atoms with E-state index in [1.54, 1.807) is 0 Å². The molecule has 0 aromatic rings. The zero-order valence-electron chi connectivity index (χ0n) is 11.2. The monoisotopic (exact) mass is 239 g/mol. The van der Waals surface area contributed by atoms with Crippen LogP contribution < -0.4 is 0 Å². The lowest BCUT2D eigenvalue weighted by Crippen LogP contribution is -2.51. The molecular weight excluding hydrogens is 214 g/mol. The summed E-state index contributed by atoms with van der Waals surface area (Å²) in [6.07, 6.45) is 3.63. The second-order valence-corrected chi connectivity index (χ2v) is 5.51. The van der Waals surface area contributed by atoms with E-state index in [2.05, 4.69) is 28.7 Å². The summed E-state index contributed by atoms with van der Waals surface area (Å²) in [5, 5.41) is 0. The first-order chi connectivity index (χ1) is 8.16. The number of hydrogen-bond donors (Lipinski definition) is 0. The fraction of sp³-hybridized carbons (Fsp3) is 0.923. The average molecular weight is 239 g/mol. The van der Waals surface area contributed by atoms with E-state index in [1.165, 1.54) is 19.3 Å². The number of piperidine rings is 1. The standard InChI is InChI=1S/C13H25N3O/c1-12-5-3-4-6-16(12)13(17)11-15-9-7-14(2)8-10-15/h12H,3-11H2,1-2H3/t12-/m0/s1. The van der Waals surface area contributed by atoms with Gasteiger partial charge in [0.1, 0.15) is 0 Å². The molecule has 0 N–H and O–H groups in total. The molecule has 1 amide bonds. The Hall–Kier alpha value is -0.610. The zero-order valence-corrected chi connectivity index (χ0v) is 11.2. The van der Waals surface area contributed by atoms with Gasteiger partial charge < -0.3 is 9.80 Å². The van der Waals surface area contributed by atoms with Crippen molar-refractivity contribution in [3.63, 3.8) is 0 Å². The van der Waals surface area contributed by atoms with Gasteiger partial charge in [0.2, 0.25) is 5.91 Å². The molecule has 1 atom stereocenters. The van der Waals surface area contributed by atoms with E-state index >= 15 is 0 Å². The number of piperazine rings is 1. The van der Waals surface area contributed by atoms with Crippen LogP contribution in [0.1, 0.15) is 26.2 Å². The van der Waals surface area contributed by atoms with Crippen LogP contribution in [0.15, 0.2) is 0 Å². The summed E-state index contributed by atoms with van der Waals surface area (Å²) in [4.78, 5) is 18.9. The third-order valence-corrected chi connectivity index (χ3v) is 4.08. The van der Waals surface area contributed by atoms with Gasteiger partial charge in [-0.1, -0.05) is 0 Å². The minimum atomic E-state index is 0.335. The van der Waals surface area contributed by atoms with Crippen LogP contribution in [0.25, 0.3) is 0 Å². The molecule has 0 aromatic carbocycles. The molecule has 4 nitrogen and oxygen atoms in total. The van der Waals surface area contributed by atoms with Crippen LogP contribution in [0, 0.1) is 0 Å². The predicted molar refractivity (Wildman–Crippen MR) is 69.0 cm³/mol. The lowest BCUT2D eigenvalue weighted by molar-refractivity contribution is -0.136. The van der Waals surface area contributed by atoms with Crippen molar-refractivity contribution in [3.8, 4) is 0 Å². The van der Waals surface area contributed by atoms with Crippen LogP contribution in [0.3, 0.4) is 0 Å². The Bertz CT molecular complexity index is 261. The van der Waals surface area contributed by atoms with Gasteiger partial charge in [0.05, 0.1) is 6.54 Å². The number of carbonyl (C=O) groups excluding carboxylic acids is 1. The third kappa shape index (κ3) is 3.42. The number of carbonyl (C=O) groups is 1. The van der Waals surface area contributed by atoms with Crippen molar-refractivity contribution in [1.82, 2.24) is 14.7 Å². The second kappa shape index (κ2) is 5.83. The molecule has 0 aliphatic carbocycles. The topological polar surface area (TPSA) is 26.8 Å². The molecule has 2 saturated heterocycles. The summed E-state index contributed by atoms with van der Waals surface area (Å²) in [7, 11) is 2.14. The number of likely N-dealkylation sites (N-methyl/N-ethyl adjacent to an activating group) is 1. The van der Waals surface area contributed by atoms with Gasteiger partial charge >= 0.3 is 0 Å². The van der Waals surface area contributed by atoms with E-state index in [1.807, 2.05) is 0 Å². The largest absolute Gasteiger partial charge is 0.339 e. The van der Waals surface area contributed by atoms with Crippen LogP contribution in [-0.4, -0.2) is 73.0 Å². The van der Waals surface area contributed by atoms with E-state index in [-0.39, 0.29) is 0 Å². The van der Waals surface area contributed by atoms with Crippen molar-refractivity contribution in [3.05, 3.63) is 0 Å². The normalized spacial score (nSPS) is 28.4. The molecule has 98 valence electrons. The molecule has 17 heavy (non-hydrogen) atoms. The molecular formula is C13H25N3O. The van der Waals surface area contributed by atoms with Gasteiger partial charge in [-0.3, -0.25) is 9.69 Å². The molecule has 0 saturated carbocycles. The molecule has 0 aromatic heterocycles. The molecule has 0 unspecified atom stereocenters. The number of nitrogens with zero attached hydrogens (tertiary/aromatic N) is 3. The summed E-state index contributed by atoms with van der Waals surface area (Å²) in [5.74, 6) is 0.335. The number of rotatable bonds is 2. The third-order valence-electron chi connectivity index (χ3n) is 4.08. The Morgan fingerprint density at radius 3 is 2.47 bits per heavy atom. The molecule has 0 spiro atoms. The second-order valence-electron chi connectivity index (χ2n) is 5.51. The minimum Gasteiger partial charge on any atom is -0.339 e. The van der Waals surface area contributed by atoms with Crippen molar-refractivity contribution >= 4 is 5.91 Å². The Balaban J connectivity index is 1.79. The summed E-state index contributed by atoms with van der Waals surface area (Å²) >= 11 is 0. The Labute approximate surface area is 105 Å². The quantitative estimate of drug-likeness (QED) is 0.707. The maximum atomic E-state index is 12.2. The van der Waals surface area contributed by atoms with Gasteiger partial charge in [-0.2, -0.15) is 0 Å². The molecule has 2 rings (SSSR count). The maximum Gasteiger partial charge on any atom is 0.236 e. The van der Waals surface area contributed by atoms with Crippen molar-refractivity contribution < 1.29 is 4.79 Å². The number of hydrogen-bond acceptors (Lipinski definition) is 3. The molecule has 4 heteroatoms. The summed E-state index contributed by atoms with van der Waals surface area (Å²) < 4.78 is 0. The average Bonchev–Trinajstić information content (AvgIpc) is 2.32. The highest BCUT2D eigenvalue weighted by Crippen LogP contribution is 2.16. The first-order valence-electron chi connectivity index (χ1n) is 6.87. The Morgan fingerprint density at radius 1 is 1.12 bits per heavy atom. The highest BCUT2D eigenvalue weighted by molar-refractivity contribution is 5.78. The van der Waals surface area contributed by atoms with Crippen LogP contribution in [0.5, 0.6) is 0 Å². The fourth-order valence-electron chi connectivity index (χ4n) is 2.76. The van der Waals surface area contributed by atoms with E-state index in [0.29, 0.717) is 18.5 Å². The van der Waals surface area contributed by atoms with Crippen molar-refractivity contribution in [2.45, 2.75) is 32.2 Å². The molecule has 0 bridgehead atoms. The fourth-order valence-corrected chi connectivity index (χ4v) is 2.76. The highest BCUT2D eigenvalue weighted by atomic mass is 16.2. The number of likely N-dealkylation sites (tertiary alicyclic amines) is 1. The predicted octanol–water partition coefficient (Wildman–Crippen LogP) is 0.635. The molecule has 0 radical (unpaired) electrons. The molecule has 2 fully saturated rings. The van der Waals surface area contributed by atoms with Crippen LogP contribution in [0.2, 0.25) is 0 Å². The summed E-state index contributed by atoms with van der Waals surface area (Å²) in [6, 6.07) is 0.448. The SMILES string of the molecule is C[C@H]1CCCCN1C(=O)CN1CCN(C)CC1. The van der Waals surface area contributed by atoms with E-state index in [4.69, 9.17) is 0 Å². The zero-order chi connectivity index (χ0) is 12.3. The van der Waals surface area contributed by atoms with Crippen LogP contribution in [-0.2, 0) is 4.79 Å². The molecule has 2 aliphatic heterocycles.